The zero-order chi connectivity index (χ0) is 23.3. The van der Waals surface area contributed by atoms with Crippen molar-refractivity contribution in [1.29, 1.82) is 0 Å². The van der Waals surface area contributed by atoms with Gasteiger partial charge in [0, 0.05) is 32.5 Å². The predicted molar refractivity (Wildman–Crippen MR) is 118 cm³/mol. The second-order valence-electron chi connectivity index (χ2n) is 9.20. The first kappa shape index (κ1) is 24.8. The van der Waals surface area contributed by atoms with Gasteiger partial charge in [0.05, 0.1) is 12.6 Å². The van der Waals surface area contributed by atoms with E-state index in [1.165, 1.54) is 4.90 Å². The number of carbonyl (C=O) groups is 3. The summed E-state index contributed by atoms with van der Waals surface area (Å²) in [6.45, 7) is 13.0. The lowest BCUT2D eigenvalue weighted by Crippen LogP contribution is -2.48. The summed E-state index contributed by atoms with van der Waals surface area (Å²) < 4.78 is 1.81. The monoisotopic (exact) mass is 434 g/mol. The molecule has 0 radical (unpaired) electrons. The number of aryl methyl sites for hydroxylation is 1. The molecule has 0 saturated carbocycles. The number of fused-ring (bicyclic) bond motifs is 1. The van der Waals surface area contributed by atoms with Crippen LogP contribution in [0.4, 0.5) is 0 Å². The molecule has 0 bridgehead atoms. The van der Waals surface area contributed by atoms with Crippen molar-refractivity contribution in [2.45, 2.75) is 79.4 Å². The van der Waals surface area contributed by atoms with Gasteiger partial charge in [-0.3, -0.25) is 14.4 Å². The van der Waals surface area contributed by atoms with Crippen molar-refractivity contribution in [2.24, 2.45) is 11.8 Å². The molecule has 1 N–H and O–H groups in total. The number of carbonyl (C=O) groups excluding carboxylic acids is 3. The lowest BCUT2D eigenvalue weighted by Gasteiger charge is -2.29. The number of nitrogens with one attached hydrogen (secondary N) is 1. The van der Waals surface area contributed by atoms with Crippen molar-refractivity contribution in [3.05, 3.63) is 11.6 Å². The molecule has 2 rings (SSSR count). The quantitative estimate of drug-likeness (QED) is 0.783. The van der Waals surface area contributed by atoms with Crippen LogP contribution in [0.15, 0.2) is 0 Å². The lowest BCUT2D eigenvalue weighted by atomic mass is 10.0. The molecule has 0 saturated heterocycles. The zero-order valence-corrected chi connectivity index (χ0v) is 20.0. The van der Waals surface area contributed by atoms with E-state index >= 15 is 0 Å². The van der Waals surface area contributed by atoms with Gasteiger partial charge in [-0.2, -0.15) is 5.10 Å². The van der Waals surface area contributed by atoms with E-state index in [1.54, 1.807) is 14.0 Å². The summed E-state index contributed by atoms with van der Waals surface area (Å²) in [5.41, 5.74) is 0. The number of likely N-dealkylation sites (N-methyl/N-ethyl adjacent to an activating group) is 1. The Morgan fingerprint density at radius 1 is 1.16 bits per heavy atom. The van der Waals surface area contributed by atoms with E-state index in [0.717, 1.165) is 0 Å². The van der Waals surface area contributed by atoms with E-state index in [9.17, 15) is 14.4 Å². The maximum absolute atomic E-state index is 12.9. The molecule has 1 aliphatic rings. The smallest absolute Gasteiger partial charge is 0.243 e. The minimum Gasteiger partial charge on any atom is -0.344 e. The predicted octanol–water partition coefficient (Wildman–Crippen LogP) is 1.92. The fourth-order valence-corrected chi connectivity index (χ4v) is 3.79. The Labute approximate surface area is 185 Å². The van der Waals surface area contributed by atoms with E-state index in [2.05, 4.69) is 29.2 Å². The van der Waals surface area contributed by atoms with Crippen LogP contribution < -0.4 is 5.32 Å². The van der Waals surface area contributed by atoms with Gasteiger partial charge in [-0.1, -0.05) is 27.7 Å². The molecule has 2 atom stereocenters. The Kier molecular flexibility index (Phi) is 8.59. The molecule has 0 fully saturated rings. The van der Waals surface area contributed by atoms with Crippen molar-refractivity contribution in [3.8, 4) is 0 Å². The Balaban J connectivity index is 2.42. The molecular formula is C22H38N6O3. The van der Waals surface area contributed by atoms with Crippen LogP contribution in [0, 0.1) is 18.8 Å². The third-order valence-corrected chi connectivity index (χ3v) is 5.70. The van der Waals surface area contributed by atoms with Gasteiger partial charge < -0.3 is 15.1 Å². The first-order valence-electron chi connectivity index (χ1n) is 11.3. The van der Waals surface area contributed by atoms with Gasteiger partial charge in [0.1, 0.15) is 17.7 Å². The van der Waals surface area contributed by atoms with Gasteiger partial charge >= 0.3 is 0 Å². The van der Waals surface area contributed by atoms with Crippen LogP contribution >= 0.6 is 0 Å². The summed E-state index contributed by atoms with van der Waals surface area (Å²) in [6, 6.07) is -0.923. The topological polar surface area (TPSA) is 100 Å². The van der Waals surface area contributed by atoms with Crippen molar-refractivity contribution >= 4 is 17.7 Å². The van der Waals surface area contributed by atoms with E-state index in [1.807, 2.05) is 30.4 Å². The summed E-state index contributed by atoms with van der Waals surface area (Å²) in [6.07, 6.45) is 1.54. The number of nitrogens with zero attached hydrogens (tertiary/aromatic N) is 5. The number of hydrogen-bond donors (Lipinski definition) is 1. The third kappa shape index (κ3) is 6.51. The largest absolute Gasteiger partial charge is 0.344 e. The molecule has 9 nitrogen and oxygen atoms in total. The van der Waals surface area contributed by atoms with Crippen LogP contribution in [0.5, 0.6) is 0 Å². The van der Waals surface area contributed by atoms with Crippen LogP contribution in [0.25, 0.3) is 0 Å². The average molecular weight is 435 g/mol. The lowest BCUT2D eigenvalue weighted by molar-refractivity contribution is -0.139. The van der Waals surface area contributed by atoms with Crippen LogP contribution in [0.2, 0.25) is 0 Å². The molecule has 9 heteroatoms. The van der Waals surface area contributed by atoms with E-state index in [-0.39, 0.29) is 29.7 Å². The van der Waals surface area contributed by atoms with Crippen molar-refractivity contribution in [3.63, 3.8) is 0 Å². The molecule has 0 aliphatic carbocycles. The highest BCUT2D eigenvalue weighted by Gasteiger charge is 2.29. The first-order chi connectivity index (χ1) is 14.5. The Morgan fingerprint density at radius 2 is 1.84 bits per heavy atom. The van der Waals surface area contributed by atoms with Gasteiger partial charge in [0.2, 0.25) is 17.7 Å². The Hall–Kier alpha value is -2.45. The van der Waals surface area contributed by atoms with Crippen LogP contribution in [-0.4, -0.2) is 68.5 Å². The minimum absolute atomic E-state index is 0.0617. The minimum atomic E-state index is -0.601. The molecule has 3 amide bonds. The fourth-order valence-electron chi connectivity index (χ4n) is 3.79. The molecule has 0 spiro atoms. The van der Waals surface area contributed by atoms with Crippen molar-refractivity contribution < 1.29 is 14.4 Å². The Morgan fingerprint density at radius 3 is 2.45 bits per heavy atom. The highest BCUT2D eigenvalue weighted by molar-refractivity contribution is 5.87. The second-order valence-corrected chi connectivity index (χ2v) is 9.20. The van der Waals surface area contributed by atoms with Gasteiger partial charge in [0.15, 0.2) is 0 Å². The third-order valence-electron chi connectivity index (χ3n) is 5.70. The number of rotatable bonds is 3. The van der Waals surface area contributed by atoms with Gasteiger partial charge in [-0.05, 0) is 32.6 Å². The molecule has 31 heavy (non-hydrogen) atoms. The standard InChI is InChI=1S/C22H38N6O3/c1-14(2)13-18-20-23-17(6)25-28(20)12-11-27(22(31)15(3)4)10-8-9-19(29)26(7)16(5)21(30)24-18/h14-16,18H,8-13H2,1-7H3,(H,24,30)/t16-,18+/m0/s1. The van der Waals surface area contributed by atoms with Crippen LogP contribution in [0.1, 0.15) is 71.6 Å². The summed E-state index contributed by atoms with van der Waals surface area (Å²) >= 11 is 0. The van der Waals surface area contributed by atoms with Gasteiger partial charge in [-0.15, -0.1) is 0 Å². The van der Waals surface area contributed by atoms with Crippen molar-refractivity contribution in [2.75, 3.05) is 20.1 Å². The van der Waals surface area contributed by atoms with E-state index in [4.69, 9.17) is 0 Å². The van der Waals surface area contributed by atoms with E-state index in [0.29, 0.717) is 56.5 Å². The average Bonchev–Trinajstić information content (AvgIpc) is 3.07. The van der Waals surface area contributed by atoms with Gasteiger partial charge in [-0.25, -0.2) is 9.67 Å². The first-order valence-corrected chi connectivity index (χ1v) is 11.3. The summed E-state index contributed by atoms with van der Waals surface area (Å²) in [5.74, 6) is 1.27. The highest BCUT2D eigenvalue weighted by atomic mass is 16.2. The zero-order valence-electron chi connectivity index (χ0n) is 20.0. The molecule has 1 aliphatic heterocycles. The SMILES string of the molecule is Cc1nc2n(n1)CCN(C(=O)C(C)C)CCCC(=O)N(C)[C@@H](C)C(=O)N[C@@H]2CC(C)C. The summed E-state index contributed by atoms with van der Waals surface area (Å²) in [7, 11) is 1.65. The molecule has 174 valence electrons. The van der Waals surface area contributed by atoms with Crippen LogP contribution in [-0.2, 0) is 20.9 Å². The molecule has 0 unspecified atom stereocenters. The maximum atomic E-state index is 12.9. The second kappa shape index (κ2) is 10.7. The Bertz CT molecular complexity index is 788. The normalized spacial score (nSPS) is 21.8. The van der Waals surface area contributed by atoms with Gasteiger partial charge in [0.25, 0.3) is 0 Å². The summed E-state index contributed by atoms with van der Waals surface area (Å²) in [5, 5.41) is 7.63. The maximum Gasteiger partial charge on any atom is 0.243 e. The fraction of sp³-hybridized carbons (Fsp3) is 0.773. The van der Waals surface area contributed by atoms with Crippen LogP contribution in [0.3, 0.4) is 0 Å². The van der Waals surface area contributed by atoms with E-state index < -0.39 is 6.04 Å². The number of hydrogen-bond acceptors (Lipinski definition) is 5. The molecule has 0 aromatic carbocycles. The van der Waals surface area contributed by atoms with Crippen molar-refractivity contribution in [1.82, 2.24) is 29.9 Å². The molecule has 1 aromatic rings. The molecular weight excluding hydrogens is 396 g/mol. The highest BCUT2D eigenvalue weighted by Crippen LogP contribution is 2.21. The molecule has 2 heterocycles. The molecule has 1 aromatic heterocycles. The number of aromatic nitrogens is 3. The summed E-state index contributed by atoms with van der Waals surface area (Å²) in [4.78, 5) is 46.2. The number of amides is 3.